The molecule has 1 rings (SSSR count). The maximum absolute atomic E-state index is 13.3. The third kappa shape index (κ3) is 1.40. The van der Waals surface area contributed by atoms with Crippen LogP contribution in [0.5, 0.6) is 0 Å². The minimum absolute atomic E-state index is 0.0435. The smallest absolute Gasteiger partial charge is 0.118 e. The molecule has 0 bridgehead atoms. The van der Waals surface area contributed by atoms with Crippen molar-refractivity contribution in [2.75, 3.05) is 27.2 Å². The summed E-state index contributed by atoms with van der Waals surface area (Å²) in [5, 5.41) is 8.97. The van der Waals surface area contributed by atoms with E-state index < -0.39 is 11.1 Å². The molecule has 11 heavy (non-hydrogen) atoms. The van der Waals surface area contributed by atoms with Crippen molar-refractivity contribution in [2.45, 2.75) is 19.0 Å². The molecule has 2 nitrogen and oxygen atoms in total. The number of hydrogen-bond donors (Lipinski definition) is 1. The first-order valence-electron chi connectivity index (χ1n) is 3.88. The molecule has 0 aromatic rings. The molecule has 0 spiro atoms. The number of nitrogens with zero attached hydrogens (tertiary/aromatic N) is 1. The fourth-order valence-electron chi connectivity index (χ4n) is 1.69. The molecule has 0 amide bonds. The van der Waals surface area contributed by atoms with E-state index in [2.05, 4.69) is 0 Å². The van der Waals surface area contributed by atoms with Crippen molar-refractivity contribution in [1.82, 2.24) is 4.90 Å². The number of rotatable bonds is 3. The van der Waals surface area contributed by atoms with Gasteiger partial charge in [0.2, 0.25) is 0 Å². The quantitative estimate of drug-likeness (QED) is 0.657. The van der Waals surface area contributed by atoms with Gasteiger partial charge in [0.25, 0.3) is 0 Å². The highest BCUT2D eigenvalue weighted by Crippen LogP contribution is 2.58. The number of aliphatic hydroxyl groups excluding tert-OH is 1. The first-order chi connectivity index (χ1) is 4.93. The van der Waals surface area contributed by atoms with Crippen LogP contribution in [0.1, 0.15) is 13.3 Å². The molecule has 0 heterocycles. The van der Waals surface area contributed by atoms with E-state index in [0.717, 1.165) is 0 Å². The standard InChI is InChI=1S/C8H16FNO/c1-7(9)4-8(7,6-11)5-10(2)3/h11H,4-6H2,1-3H3/t7?,8-/m1/s1. The molecule has 0 aromatic carbocycles. The van der Waals surface area contributed by atoms with E-state index in [1.54, 1.807) is 6.92 Å². The van der Waals surface area contributed by atoms with Crippen molar-refractivity contribution in [3.8, 4) is 0 Å². The minimum atomic E-state index is -1.15. The Bertz CT molecular complexity index is 158. The first kappa shape index (κ1) is 8.94. The second kappa shape index (κ2) is 2.42. The maximum atomic E-state index is 13.3. The molecule has 0 aliphatic heterocycles. The highest BCUT2D eigenvalue weighted by Gasteiger charge is 2.65. The van der Waals surface area contributed by atoms with Crippen LogP contribution in [-0.2, 0) is 0 Å². The molecule has 1 N–H and O–H groups in total. The normalized spacial score (nSPS) is 43.1. The second-order valence-corrected chi connectivity index (χ2v) is 4.05. The van der Waals surface area contributed by atoms with E-state index >= 15 is 0 Å². The van der Waals surface area contributed by atoms with Crippen molar-refractivity contribution >= 4 is 0 Å². The van der Waals surface area contributed by atoms with Crippen LogP contribution in [0.2, 0.25) is 0 Å². The molecular formula is C8H16FNO. The Kier molecular flexibility index (Phi) is 1.97. The van der Waals surface area contributed by atoms with E-state index in [1.807, 2.05) is 19.0 Å². The fraction of sp³-hybridized carbons (Fsp3) is 1.00. The van der Waals surface area contributed by atoms with E-state index in [1.165, 1.54) is 0 Å². The van der Waals surface area contributed by atoms with E-state index in [-0.39, 0.29) is 6.61 Å². The van der Waals surface area contributed by atoms with Crippen LogP contribution in [0.3, 0.4) is 0 Å². The summed E-state index contributed by atoms with van der Waals surface area (Å²) < 4.78 is 13.3. The van der Waals surface area contributed by atoms with Crippen molar-refractivity contribution in [2.24, 2.45) is 5.41 Å². The highest BCUT2D eigenvalue weighted by atomic mass is 19.1. The molecule has 1 fully saturated rings. The predicted octanol–water partition coefficient (Wildman–Crippen LogP) is 0.659. The van der Waals surface area contributed by atoms with Gasteiger partial charge >= 0.3 is 0 Å². The summed E-state index contributed by atoms with van der Waals surface area (Å²) in [5.74, 6) is 0. The molecule has 0 aromatic heterocycles. The number of aliphatic hydroxyl groups is 1. The van der Waals surface area contributed by atoms with Crippen molar-refractivity contribution in [3.63, 3.8) is 0 Å². The highest BCUT2D eigenvalue weighted by molar-refractivity contribution is 5.14. The monoisotopic (exact) mass is 161 g/mol. The molecule has 1 unspecified atom stereocenters. The largest absolute Gasteiger partial charge is 0.396 e. The molecule has 3 heteroatoms. The van der Waals surface area contributed by atoms with E-state index in [9.17, 15) is 4.39 Å². The van der Waals surface area contributed by atoms with Crippen LogP contribution in [0.15, 0.2) is 0 Å². The van der Waals surface area contributed by atoms with Crippen molar-refractivity contribution in [3.05, 3.63) is 0 Å². The summed E-state index contributed by atoms with van der Waals surface area (Å²) in [7, 11) is 3.79. The van der Waals surface area contributed by atoms with Gasteiger partial charge in [-0.3, -0.25) is 0 Å². The lowest BCUT2D eigenvalue weighted by Crippen LogP contribution is -2.30. The molecule has 0 saturated heterocycles. The zero-order valence-corrected chi connectivity index (χ0v) is 7.39. The molecular weight excluding hydrogens is 145 g/mol. The Labute approximate surface area is 67.0 Å². The Balaban J connectivity index is 2.53. The van der Waals surface area contributed by atoms with Gasteiger partial charge in [-0.05, 0) is 27.4 Å². The van der Waals surface area contributed by atoms with Crippen molar-refractivity contribution in [1.29, 1.82) is 0 Å². The van der Waals surface area contributed by atoms with Crippen LogP contribution >= 0.6 is 0 Å². The number of alkyl halides is 1. The van der Waals surface area contributed by atoms with E-state index in [0.29, 0.717) is 13.0 Å². The molecule has 0 radical (unpaired) electrons. The lowest BCUT2D eigenvalue weighted by molar-refractivity contribution is 0.120. The van der Waals surface area contributed by atoms with Gasteiger partial charge in [0.15, 0.2) is 0 Å². The summed E-state index contributed by atoms with van der Waals surface area (Å²) >= 11 is 0. The first-order valence-corrected chi connectivity index (χ1v) is 3.88. The SMILES string of the molecule is CN(C)C[C@@]1(CO)CC1(C)F. The van der Waals surface area contributed by atoms with Crippen LogP contribution in [-0.4, -0.2) is 42.9 Å². The Morgan fingerprint density at radius 3 is 2.09 bits per heavy atom. The Morgan fingerprint density at radius 2 is 2.00 bits per heavy atom. The number of hydrogen-bond acceptors (Lipinski definition) is 2. The zero-order chi connectivity index (χ0) is 8.70. The summed E-state index contributed by atoms with van der Waals surface area (Å²) in [6.45, 7) is 2.15. The second-order valence-electron chi connectivity index (χ2n) is 4.05. The molecule has 1 aliphatic carbocycles. The van der Waals surface area contributed by atoms with Gasteiger partial charge in [-0.25, -0.2) is 4.39 Å². The number of halogens is 1. The summed E-state index contributed by atoms with van der Waals surface area (Å²) in [5.41, 5.74) is -1.62. The summed E-state index contributed by atoms with van der Waals surface area (Å²) in [4.78, 5) is 1.92. The van der Waals surface area contributed by atoms with Crippen LogP contribution < -0.4 is 0 Å². The average Bonchev–Trinajstić information content (AvgIpc) is 2.33. The average molecular weight is 161 g/mol. The molecule has 1 saturated carbocycles. The lowest BCUT2D eigenvalue weighted by atomic mass is 10.0. The molecule has 1 aliphatic rings. The van der Waals surface area contributed by atoms with Gasteiger partial charge in [0.1, 0.15) is 5.67 Å². The van der Waals surface area contributed by atoms with Gasteiger partial charge in [-0.15, -0.1) is 0 Å². The van der Waals surface area contributed by atoms with Crippen LogP contribution in [0.25, 0.3) is 0 Å². The van der Waals surface area contributed by atoms with Gasteiger partial charge < -0.3 is 10.0 Å². The van der Waals surface area contributed by atoms with Gasteiger partial charge in [-0.1, -0.05) is 0 Å². The van der Waals surface area contributed by atoms with Crippen LogP contribution in [0.4, 0.5) is 4.39 Å². The molecule has 66 valence electrons. The Morgan fingerprint density at radius 1 is 1.55 bits per heavy atom. The topological polar surface area (TPSA) is 23.5 Å². The summed E-state index contributed by atoms with van der Waals surface area (Å²) in [6, 6.07) is 0. The third-order valence-electron chi connectivity index (χ3n) is 2.57. The molecule has 2 atom stereocenters. The van der Waals surface area contributed by atoms with E-state index in [4.69, 9.17) is 5.11 Å². The Hall–Kier alpha value is -0.150. The zero-order valence-electron chi connectivity index (χ0n) is 7.39. The minimum Gasteiger partial charge on any atom is -0.396 e. The van der Waals surface area contributed by atoms with Crippen molar-refractivity contribution < 1.29 is 9.50 Å². The van der Waals surface area contributed by atoms with Gasteiger partial charge in [-0.2, -0.15) is 0 Å². The fourth-order valence-corrected chi connectivity index (χ4v) is 1.69. The predicted molar refractivity (Wildman–Crippen MR) is 42.2 cm³/mol. The summed E-state index contributed by atoms with van der Waals surface area (Å²) in [6.07, 6.45) is 0.495. The van der Waals surface area contributed by atoms with Crippen LogP contribution in [0, 0.1) is 5.41 Å². The third-order valence-corrected chi connectivity index (χ3v) is 2.57. The van der Waals surface area contributed by atoms with Gasteiger partial charge in [0.05, 0.1) is 6.61 Å². The maximum Gasteiger partial charge on any atom is 0.118 e. The lowest BCUT2D eigenvalue weighted by Gasteiger charge is -2.19. The van der Waals surface area contributed by atoms with Gasteiger partial charge in [0, 0.05) is 12.0 Å².